The van der Waals surface area contributed by atoms with Gasteiger partial charge in [-0.15, -0.1) is 0 Å². The minimum Gasteiger partial charge on any atom is -0.479 e. The van der Waals surface area contributed by atoms with Crippen LogP contribution in [-0.4, -0.2) is 63.1 Å². The fourth-order valence-corrected chi connectivity index (χ4v) is 2.48. The fraction of sp³-hybridized carbons (Fsp3) is 0.385. The molecule has 1 fully saturated rings. The highest BCUT2D eigenvalue weighted by molar-refractivity contribution is 14.1. The van der Waals surface area contributed by atoms with E-state index in [0.717, 1.165) is 3.57 Å². The van der Waals surface area contributed by atoms with Crippen LogP contribution < -0.4 is 0 Å². The molecule has 0 aliphatic carbocycles. The Kier molecular flexibility index (Phi) is 5.34. The number of hydrogen-bond acceptors (Lipinski definition) is 7. The van der Waals surface area contributed by atoms with Gasteiger partial charge >= 0.3 is 11.9 Å². The minimum absolute atomic E-state index is 0.176. The molecule has 0 aromatic heterocycles. The van der Waals surface area contributed by atoms with Crippen molar-refractivity contribution in [3.63, 3.8) is 0 Å². The maximum Gasteiger partial charge on any atom is 0.340 e. The highest BCUT2D eigenvalue weighted by Gasteiger charge is 2.48. The molecule has 22 heavy (non-hydrogen) atoms. The summed E-state index contributed by atoms with van der Waals surface area (Å²) in [4.78, 5) is 22.9. The van der Waals surface area contributed by atoms with E-state index in [1.54, 1.807) is 12.1 Å². The summed E-state index contributed by atoms with van der Waals surface area (Å²) in [5.41, 5.74) is 0.176. The molecule has 0 saturated carbocycles. The topological polar surface area (TPSA) is 134 Å². The molecule has 120 valence electrons. The summed E-state index contributed by atoms with van der Waals surface area (Å²) < 4.78 is 10.5. The average Bonchev–Trinajstić information content (AvgIpc) is 2.47. The van der Waals surface area contributed by atoms with Crippen LogP contribution in [0.3, 0.4) is 0 Å². The smallest absolute Gasteiger partial charge is 0.340 e. The second-order valence-corrected chi connectivity index (χ2v) is 5.90. The molecule has 1 saturated heterocycles. The van der Waals surface area contributed by atoms with E-state index in [4.69, 9.17) is 14.6 Å². The van der Waals surface area contributed by atoms with E-state index in [9.17, 15) is 24.9 Å². The Hall–Kier alpha value is -1.27. The molecule has 1 aliphatic rings. The van der Waals surface area contributed by atoms with Gasteiger partial charge in [0, 0.05) is 3.57 Å². The van der Waals surface area contributed by atoms with Crippen molar-refractivity contribution in [3.05, 3.63) is 33.4 Å². The molecule has 0 radical (unpaired) electrons. The lowest BCUT2D eigenvalue weighted by molar-refractivity contribution is -0.278. The molecule has 0 spiro atoms. The Bertz CT molecular complexity index is 577. The van der Waals surface area contributed by atoms with Crippen LogP contribution in [0.25, 0.3) is 0 Å². The molecule has 5 atom stereocenters. The summed E-state index contributed by atoms with van der Waals surface area (Å²) >= 11 is 1.99. The van der Waals surface area contributed by atoms with E-state index in [0.29, 0.717) is 0 Å². The third-order valence-corrected chi connectivity index (χ3v) is 3.77. The third-order valence-electron chi connectivity index (χ3n) is 3.10. The fourth-order valence-electron chi connectivity index (χ4n) is 1.94. The Balaban J connectivity index is 2.14. The number of carboxylic acids is 1. The van der Waals surface area contributed by atoms with Gasteiger partial charge in [0.05, 0.1) is 5.56 Å². The predicted octanol–water partition coefficient (Wildman–Crippen LogP) is -0.660. The number of rotatable bonds is 3. The molecular weight excluding hydrogens is 411 g/mol. The van der Waals surface area contributed by atoms with Crippen molar-refractivity contribution in [1.82, 2.24) is 0 Å². The molecule has 1 aromatic rings. The van der Waals surface area contributed by atoms with Gasteiger partial charge in [-0.25, -0.2) is 9.59 Å². The first-order chi connectivity index (χ1) is 10.3. The first kappa shape index (κ1) is 17.1. The van der Waals surface area contributed by atoms with Gasteiger partial charge < -0.3 is 29.9 Å². The monoisotopic (exact) mass is 424 g/mol. The number of carboxylic acid groups (broad SMARTS) is 1. The zero-order valence-corrected chi connectivity index (χ0v) is 13.2. The summed E-state index contributed by atoms with van der Waals surface area (Å²) in [6.07, 6.45) is -8.93. The standard InChI is InChI=1S/C13H13IO8/c14-6-3-1-2-5(4-6)12(20)22-13-9(17)7(15)8(16)10(21-13)11(18)19/h1-4,7-10,13,15-17H,(H,18,19)/t7-,8-,9+,10-,13?/m0/s1. The molecule has 1 heterocycles. The second-order valence-electron chi connectivity index (χ2n) is 4.65. The minimum atomic E-state index is -1.83. The number of benzene rings is 1. The lowest BCUT2D eigenvalue weighted by atomic mass is 9.99. The summed E-state index contributed by atoms with van der Waals surface area (Å²) in [7, 11) is 0. The number of ether oxygens (including phenoxy) is 2. The molecule has 4 N–H and O–H groups in total. The molecule has 0 bridgehead atoms. The van der Waals surface area contributed by atoms with Crippen molar-refractivity contribution in [1.29, 1.82) is 0 Å². The van der Waals surface area contributed by atoms with Gasteiger partial charge in [0.15, 0.2) is 6.10 Å². The number of aliphatic carboxylic acids is 1. The van der Waals surface area contributed by atoms with Crippen LogP contribution in [-0.2, 0) is 14.3 Å². The van der Waals surface area contributed by atoms with E-state index in [1.807, 2.05) is 22.6 Å². The van der Waals surface area contributed by atoms with Gasteiger partial charge in [-0.05, 0) is 40.8 Å². The van der Waals surface area contributed by atoms with E-state index >= 15 is 0 Å². The Morgan fingerprint density at radius 1 is 1.14 bits per heavy atom. The lowest BCUT2D eigenvalue weighted by Crippen LogP contribution is -2.60. The Morgan fingerprint density at radius 2 is 1.82 bits per heavy atom. The molecule has 9 heteroatoms. The number of aliphatic hydroxyl groups excluding tert-OH is 3. The van der Waals surface area contributed by atoms with Gasteiger partial charge in [-0.2, -0.15) is 0 Å². The van der Waals surface area contributed by atoms with Gasteiger partial charge in [0.2, 0.25) is 6.29 Å². The molecule has 8 nitrogen and oxygen atoms in total. The van der Waals surface area contributed by atoms with Crippen LogP contribution in [0.2, 0.25) is 0 Å². The normalized spacial score (nSPS) is 31.5. The number of carbonyl (C=O) groups is 2. The third kappa shape index (κ3) is 3.55. The zero-order chi connectivity index (χ0) is 16.4. The van der Waals surface area contributed by atoms with Gasteiger partial charge in [0.25, 0.3) is 0 Å². The molecule has 1 unspecified atom stereocenters. The summed E-state index contributed by atoms with van der Waals surface area (Å²) in [5.74, 6) is -2.40. The van der Waals surface area contributed by atoms with Crippen molar-refractivity contribution in [2.75, 3.05) is 0 Å². The SMILES string of the molecule is O=C(OC1O[C@H](C(=O)O)[C@@H](O)[C@H](O)[C@H]1O)c1cccc(I)c1. The maximum absolute atomic E-state index is 12.0. The van der Waals surface area contributed by atoms with Crippen molar-refractivity contribution < 1.29 is 39.5 Å². The van der Waals surface area contributed by atoms with Crippen molar-refractivity contribution in [2.45, 2.75) is 30.7 Å². The second kappa shape index (κ2) is 6.87. The van der Waals surface area contributed by atoms with Gasteiger partial charge in [-0.1, -0.05) is 6.07 Å². The largest absolute Gasteiger partial charge is 0.479 e. The number of carbonyl (C=O) groups excluding carboxylic acids is 1. The summed E-state index contributed by atoms with van der Waals surface area (Å²) in [6.45, 7) is 0. The highest BCUT2D eigenvalue weighted by atomic mass is 127. The van der Waals surface area contributed by atoms with Crippen molar-refractivity contribution in [2.24, 2.45) is 0 Å². The molecule has 2 rings (SSSR count). The average molecular weight is 424 g/mol. The first-order valence-electron chi connectivity index (χ1n) is 6.20. The van der Waals surface area contributed by atoms with Crippen LogP contribution in [0.1, 0.15) is 10.4 Å². The summed E-state index contributed by atoms with van der Waals surface area (Å²) in [6, 6.07) is 6.37. The summed E-state index contributed by atoms with van der Waals surface area (Å²) in [5, 5.41) is 37.8. The molecule has 1 aliphatic heterocycles. The Morgan fingerprint density at radius 3 is 2.41 bits per heavy atom. The van der Waals surface area contributed by atoms with Gasteiger partial charge in [-0.3, -0.25) is 0 Å². The predicted molar refractivity (Wildman–Crippen MR) is 78.9 cm³/mol. The highest BCUT2D eigenvalue weighted by Crippen LogP contribution is 2.23. The molecule has 1 aromatic carbocycles. The van der Waals surface area contributed by atoms with E-state index < -0.39 is 42.6 Å². The molecular formula is C13H13IO8. The quantitative estimate of drug-likeness (QED) is 0.372. The van der Waals surface area contributed by atoms with Crippen LogP contribution in [0, 0.1) is 3.57 Å². The van der Waals surface area contributed by atoms with E-state index in [-0.39, 0.29) is 5.56 Å². The van der Waals surface area contributed by atoms with E-state index in [1.165, 1.54) is 12.1 Å². The van der Waals surface area contributed by atoms with Crippen LogP contribution in [0.4, 0.5) is 0 Å². The van der Waals surface area contributed by atoms with Crippen molar-refractivity contribution in [3.8, 4) is 0 Å². The maximum atomic E-state index is 12.0. The van der Waals surface area contributed by atoms with Crippen LogP contribution in [0.15, 0.2) is 24.3 Å². The number of esters is 1. The Labute approximate surface area is 138 Å². The van der Waals surface area contributed by atoms with E-state index in [2.05, 4.69) is 0 Å². The van der Waals surface area contributed by atoms with Crippen LogP contribution >= 0.6 is 22.6 Å². The van der Waals surface area contributed by atoms with Gasteiger partial charge in [0.1, 0.15) is 18.3 Å². The van der Waals surface area contributed by atoms with Crippen LogP contribution in [0.5, 0.6) is 0 Å². The van der Waals surface area contributed by atoms with Crippen molar-refractivity contribution >= 4 is 34.5 Å². The number of aliphatic hydroxyl groups is 3. The first-order valence-corrected chi connectivity index (χ1v) is 7.28. The lowest BCUT2D eigenvalue weighted by Gasteiger charge is -2.37. The number of halogens is 1. The number of hydrogen-bond donors (Lipinski definition) is 4. The molecule has 0 amide bonds. The zero-order valence-electron chi connectivity index (χ0n) is 11.0.